The van der Waals surface area contributed by atoms with Gasteiger partial charge in [0.1, 0.15) is 13.2 Å². The Morgan fingerprint density at radius 2 is 1.83 bits per heavy atom. The van der Waals surface area contributed by atoms with Crippen LogP contribution in [0.25, 0.3) is 0 Å². The number of hydrogen-bond acceptors (Lipinski definition) is 3. The summed E-state index contributed by atoms with van der Waals surface area (Å²) in [6, 6.07) is 2.26. The molecule has 1 aliphatic heterocycles. The Hall–Kier alpha value is -1.22. The molecule has 1 heterocycles. The van der Waals surface area contributed by atoms with E-state index < -0.39 is 0 Å². The van der Waals surface area contributed by atoms with Crippen molar-refractivity contribution in [2.75, 3.05) is 19.8 Å². The summed E-state index contributed by atoms with van der Waals surface area (Å²) >= 11 is 0. The van der Waals surface area contributed by atoms with Gasteiger partial charge in [0.05, 0.1) is 0 Å². The third kappa shape index (κ3) is 1.53. The highest BCUT2D eigenvalue weighted by Gasteiger charge is 2.41. The molecule has 3 heteroatoms. The molecule has 2 N–H and O–H groups in total. The lowest BCUT2D eigenvalue weighted by Crippen LogP contribution is -2.42. The van der Waals surface area contributed by atoms with E-state index in [9.17, 15) is 0 Å². The molecular weight excluding hydrogens is 226 g/mol. The van der Waals surface area contributed by atoms with Crippen molar-refractivity contribution in [3.8, 4) is 11.5 Å². The van der Waals surface area contributed by atoms with Gasteiger partial charge >= 0.3 is 0 Å². The monoisotopic (exact) mass is 247 g/mol. The zero-order valence-electron chi connectivity index (χ0n) is 11.2. The quantitative estimate of drug-likeness (QED) is 0.873. The van der Waals surface area contributed by atoms with Gasteiger partial charge < -0.3 is 15.2 Å². The number of aryl methyl sites for hydroxylation is 1. The van der Waals surface area contributed by atoms with E-state index in [1.165, 1.54) is 36.0 Å². The van der Waals surface area contributed by atoms with Crippen molar-refractivity contribution in [3.05, 3.63) is 22.8 Å². The molecule has 0 aromatic heterocycles. The second-order valence-electron chi connectivity index (χ2n) is 5.56. The summed E-state index contributed by atoms with van der Waals surface area (Å²) in [5, 5.41) is 0. The molecule has 0 bridgehead atoms. The van der Waals surface area contributed by atoms with Crippen molar-refractivity contribution in [1.82, 2.24) is 0 Å². The van der Waals surface area contributed by atoms with Gasteiger partial charge in [0, 0.05) is 17.5 Å². The van der Waals surface area contributed by atoms with Crippen LogP contribution in [0.2, 0.25) is 0 Å². The molecule has 0 saturated heterocycles. The highest BCUT2D eigenvalue weighted by molar-refractivity contribution is 5.58. The third-order valence-electron chi connectivity index (χ3n) is 4.59. The molecule has 3 nitrogen and oxygen atoms in total. The summed E-state index contributed by atoms with van der Waals surface area (Å²) in [6.45, 7) is 6.23. The molecular formula is C15H21NO2. The normalized spacial score (nSPS) is 20.4. The van der Waals surface area contributed by atoms with Crippen molar-refractivity contribution in [3.63, 3.8) is 0 Å². The van der Waals surface area contributed by atoms with E-state index in [4.69, 9.17) is 15.2 Å². The van der Waals surface area contributed by atoms with Crippen molar-refractivity contribution >= 4 is 0 Å². The predicted octanol–water partition coefficient (Wildman–Crippen LogP) is 2.46. The van der Waals surface area contributed by atoms with Crippen LogP contribution >= 0.6 is 0 Å². The van der Waals surface area contributed by atoms with Crippen LogP contribution in [0.4, 0.5) is 0 Å². The van der Waals surface area contributed by atoms with E-state index in [2.05, 4.69) is 19.9 Å². The van der Waals surface area contributed by atoms with Gasteiger partial charge in [-0.15, -0.1) is 0 Å². The Balaban J connectivity index is 2.17. The second kappa shape index (κ2) is 4.16. The van der Waals surface area contributed by atoms with Crippen molar-refractivity contribution in [2.45, 2.75) is 38.5 Å². The summed E-state index contributed by atoms with van der Waals surface area (Å²) in [5.74, 6) is 1.89. The van der Waals surface area contributed by atoms with Crippen LogP contribution in [0, 0.1) is 13.8 Å². The molecule has 0 spiro atoms. The maximum absolute atomic E-state index is 6.03. The minimum absolute atomic E-state index is 0.128. The largest absolute Gasteiger partial charge is 0.486 e. The molecule has 1 aliphatic carbocycles. The molecule has 1 aromatic carbocycles. The van der Waals surface area contributed by atoms with Gasteiger partial charge in [0.25, 0.3) is 0 Å². The standard InChI is InChI=1S/C15H21NO2/c1-10-8-12(15(9-16)4-3-5-15)14-13(11(10)2)17-6-7-18-14/h8H,3-7,9,16H2,1-2H3. The minimum Gasteiger partial charge on any atom is -0.486 e. The van der Waals surface area contributed by atoms with Crippen LogP contribution in [-0.4, -0.2) is 19.8 Å². The number of benzene rings is 1. The summed E-state index contributed by atoms with van der Waals surface area (Å²) in [6.07, 6.45) is 3.60. The van der Waals surface area contributed by atoms with E-state index in [1.807, 2.05) is 0 Å². The number of nitrogens with two attached hydrogens (primary N) is 1. The van der Waals surface area contributed by atoms with E-state index in [0.29, 0.717) is 19.8 Å². The lowest BCUT2D eigenvalue weighted by atomic mass is 9.64. The first-order valence-electron chi connectivity index (χ1n) is 6.78. The topological polar surface area (TPSA) is 44.5 Å². The minimum atomic E-state index is 0.128. The second-order valence-corrected chi connectivity index (χ2v) is 5.56. The van der Waals surface area contributed by atoms with Gasteiger partial charge in [0.15, 0.2) is 11.5 Å². The van der Waals surface area contributed by atoms with Crippen LogP contribution in [0.5, 0.6) is 11.5 Å². The zero-order chi connectivity index (χ0) is 12.8. The fraction of sp³-hybridized carbons (Fsp3) is 0.600. The Labute approximate surface area is 108 Å². The smallest absolute Gasteiger partial charge is 0.165 e. The van der Waals surface area contributed by atoms with Crippen LogP contribution in [-0.2, 0) is 5.41 Å². The Bertz CT molecular complexity index is 472. The van der Waals surface area contributed by atoms with E-state index in [1.54, 1.807) is 0 Å². The average Bonchev–Trinajstić information content (AvgIpc) is 2.35. The van der Waals surface area contributed by atoms with Crippen LogP contribution < -0.4 is 15.2 Å². The number of ether oxygens (including phenoxy) is 2. The van der Waals surface area contributed by atoms with Gasteiger partial charge in [-0.3, -0.25) is 0 Å². The molecule has 0 atom stereocenters. The third-order valence-corrected chi connectivity index (χ3v) is 4.59. The fourth-order valence-corrected chi connectivity index (χ4v) is 3.05. The fourth-order valence-electron chi connectivity index (χ4n) is 3.05. The molecule has 0 unspecified atom stereocenters. The first-order valence-corrected chi connectivity index (χ1v) is 6.78. The molecule has 1 fully saturated rings. The van der Waals surface area contributed by atoms with Gasteiger partial charge in [-0.1, -0.05) is 12.5 Å². The Kier molecular flexibility index (Phi) is 2.74. The van der Waals surface area contributed by atoms with E-state index >= 15 is 0 Å². The molecule has 18 heavy (non-hydrogen) atoms. The average molecular weight is 247 g/mol. The summed E-state index contributed by atoms with van der Waals surface area (Å²) < 4.78 is 11.7. The summed E-state index contributed by atoms with van der Waals surface area (Å²) in [4.78, 5) is 0. The van der Waals surface area contributed by atoms with Gasteiger partial charge in [-0.25, -0.2) is 0 Å². The number of rotatable bonds is 2. The maximum atomic E-state index is 6.03. The Morgan fingerprint density at radius 3 is 2.39 bits per heavy atom. The highest BCUT2D eigenvalue weighted by Crippen LogP contribution is 2.51. The molecule has 0 radical (unpaired) electrons. The lowest BCUT2D eigenvalue weighted by Gasteiger charge is -2.43. The van der Waals surface area contributed by atoms with E-state index in [0.717, 1.165) is 11.5 Å². The van der Waals surface area contributed by atoms with Crippen molar-refractivity contribution in [1.29, 1.82) is 0 Å². The number of fused-ring (bicyclic) bond motifs is 1. The molecule has 1 saturated carbocycles. The zero-order valence-corrected chi connectivity index (χ0v) is 11.2. The van der Waals surface area contributed by atoms with Crippen LogP contribution in [0.15, 0.2) is 6.07 Å². The van der Waals surface area contributed by atoms with Crippen LogP contribution in [0.3, 0.4) is 0 Å². The summed E-state index contributed by atoms with van der Waals surface area (Å²) in [5.41, 5.74) is 9.89. The number of hydrogen-bond donors (Lipinski definition) is 1. The molecule has 2 aliphatic rings. The highest BCUT2D eigenvalue weighted by atomic mass is 16.6. The van der Waals surface area contributed by atoms with Gasteiger partial charge in [-0.2, -0.15) is 0 Å². The molecule has 1 aromatic rings. The summed E-state index contributed by atoms with van der Waals surface area (Å²) in [7, 11) is 0. The first-order chi connectivity index (χ1) is 8.68. The predicted molar refractivity (Wildman–Crippen MR) is 71.5 cm³/mol. The molecule has 0 amide bonds. The SMILES string of the molecule is Cc1cc(C2(CN)CCC2)c2c(c1C)OCCO2. The molecule has 3 rings (SSSR count). The van der Waals surface area contributed by atoms with Crippen molar-refractivity contribution < 1.29 is 9.47 Å². The first kappa shape index (κ1) is 11.8. The van der Waals surface area contributed by atoms with Gasteiger partial charge in [-0.05, 0) is 37.8 Å². The van der Waals surface area contributed by atoms with Crippen LogP contribution in [0.1, 0.15) is 36.0 Å². The molecule has 98 valence electrons. The Morgan fingerprint density at radius 1 is 1.17 bits per heavy atom. The lowest BCUT2D eigenvalue weighted by molar-refractivity contribution is 0.158. The van der Waals surface area contributed by atoms with E-state index in [-0.39, 0.29) is 5.41 Å². The van der Waals surface area contributed by atoms with Gasteiger partial charge in [0.2, 0.25) is 0 Å². The maximum Gasteiger partial charge on any atom is 0.165 e. The van der Waals surface area contributed by atoms with Crippen molar-refractivity contribution in [2.24, 2.45) is 5.73 Å².